The Morgan fingerprint density at radius 2 is 1.69 bits per heavy atom. The average Bonchev–Trinajstić information content (AvgIpc) is 2.66. The van der Waals surface area contributed by atoms with Gasteiger partial charge >= 0.3 is 12.1 Å². The second-order valence-corrected chi connectivity index (χ2v) is 7.01. The highest BCUT2D eigenvalue weighted by Crippen LogP contribution is 2.41. The number of hydrogen-bond donors (Lipinski definition) is 1. The molecule has 2 rings (SSSR count). The van der Waals surface area contributed by atoms with Crippen LogP contribution in [0.15, 0.2) is 36.4 Å². The molecule has 1 unspecified atom stereocenters. The van der Waals surface area contributed by atoms with E-state index in [4.69, 9.17) is 23.2 Å². The molecule has 5 nitrogen and oxygen atoms in total. The number of nitrogens with zero attached hydrogens (tertiary/aromatic N) is 1. The molecular formula is C19H16Cl2F3NO4. The predicted molar refractivity (Wildman–Crippen MR) is 102 cm³/mol. The summed E-state index contributed by atoms with van der Waals surface area (Å²) in [6, 6.07) is 7.34. The highest BCUT2D eigenvalue weighted by atomic mass is 35.5. The third kappa shape index (κ3) is 4.19. The Morgan fingerprint density at radius 3 is 2.17 bits per heavy atom. The number of benzene rings is 2. The van der Waals surface area contributed by atoms with Crippen molar-refractivity contribution in [2.24, 2.45) is 0 Å². The SMILES string of the molecule is COC(=O)C(O)(c1ccc(N(C)C(=O)c2ccc(Cl)c(Cl)c2)c(C)c1)C(F)(F)F. The van der Waals surface area contributed by atoms with E-state index >= 15 is 0 Å². The summed E-state index contributed by atoms with van der Waals surface area (Å²) in [6.07, 6.45) is -5.31. The van der Waals surface area contributed by atoms with E-state index in [2.05, 4.69) is 4.74 Å². The van der Waals surface area contributed by atoms with Crippen LogP contribution in [-0.2, 0) is 15.1 Å². The number of anilines is 1. The van der Waals surface area contributed by atoms with Crippen molar-refractivity contribution < 1.29 is 32.6 Å². The summed E-state index contributed by atoms with van der Waals surface area (Å²) in [4.78, 5) is 25.6. The first kappa shape index (κ1) is 23.0. The van der Waals surface area contributed by atoms with Crippen molar-refractivity contribution >= 4 is 40.8 Å². The van der Waals surface area contributed by atoms with Gasteiger partial charge in [0.2, 0.25) is 0 Å². The van der Waals surface area contributed by atoms with Crippen molar-refractivity contribution in [3.8, 4) is 0 Å². The van der Waals surface area contributed by atoms with Crippen molar-refractivity contribution in [1.29, 1.82) is 0 Å². The number of rotatable bonds is 4. The van der Waals surface area contributed by atoms with Gasteiger partial charge < -0.3 is 14.7 Å². The average molecular weight is 450 g/mol. The van der Waals surface area contributed by atoms with Crippen LogP contribution in [0.4, 0.5) is 18.9 Å². The van der Waals surface area contributed by atoms with Crippen molar-refractivity contribution in [2.75, 3.05) is 19.1 Å². The maximum atomic E-state index is 13.4. The molecule has 1 amide bonds. The Kier molecular flexibility index (Phi) is 6.51. The monoisotopic (exact) mass is 449 g/mol. The third-order valence-electron chi connectivity index (χ3n) is 4.34. The molecular weight excluding hydrogens is 434 g/mol. The molecule has 0 saturated heterocycles. The maximum Gasteiger partial charge on any atom is 0.432 e. The number of esters is 1. The molecule has 0 spiro atoms. The second-order valence-electron chi connectivity index (χ2n) is 6.19. The molecule has 0 bridgehead atoms. The van der Waals surface area contributed by atoms with Crippen LogP contribution < -0.4 is 4.90 Å². The largest absolute Gasteiger partial charge is 0.466 e. The number of hydrogen-bond acceptors (Lipinski definition) is 4. The lowest BCUT2D eigenvalue weighted by atomic mass is 9.91. The summed E-state index contributed by atoms with van der Waals surface area (Å²) in [6.45, 7) is 1.44. The summed E-state index contributed by atoms with van der Waals surface area (Å²) in [7, 11) is 2.16. The second kappa shape index (κ2) is 8.22. The highest BCUT2D eigenvalue weighted by Gasteiger charge is 2.62. The Hall–Kier alpha value is -2.29. The zero-order chi connectivity index (χ0) is 22.1. The van der Waals surface area contributed by atoms with Gasteiger partial charge in [0.25, 0.3) is 11.5 Å². The number of amides is 1. The number of aliphatic hydroxyl groups is 1. The van der Waals surface area contributed by atoms with Gasteiger partial charge in [-0.05, 0) is 36.8 Å². The molecule has 0 aromatic heterocycles. The number of halogens is 5. The van der Waals surface area contributed by atoms with Crippen LogP contribution in [0, 0.1) is 6.92 Å². The minimum Gasteiger partial charge on any atom is -0.466 e. The molecule has 1 N–H and O–H groups in total. The molecule has 2 aromatic rings. The summed E-state index contributed by atoms with van der Waals surface area (Å²) in [5.41, 5.74) is -3.87. The summed E-state index contributed by atoms with van der Waals surface area (Å²) >= 11 is 11.7. The van der Waals surface area contributed by atoms with Gasteiger partial charge in [-0.1, -0.05) is 35.3 Å². The van der Waals surface area contributed by atoms with Crippen molar-refractivity contribution in [2.45, 2.75) is 18.7 Å². The van der Waals surface area contributed by atoms with Gasteiger partial charge in [-0.3, -0.25) is 4.79 Å². The van der Waals surface area contributed by atoms with Crippen molar-refractivity contribution in [3.05, 3.63) is 63.1 Å². The smallest absolute Gasteiger partial charge is 0.432 e. The normalized spacial score (nSPS) is 13.6. The molecule has 0 radical (unpaired) electrons. The van der Waals surface area contributed by atoms with Crippen LogP contribution >= 0.6 is 23.2 Å². The molecule has 2 aromatic carbocycles. The molecule has 0 fully saturated rings. The molecule has 29 heavy (non-hydrogen) atoms. The summed E-state index contributed by atoms with van der Waals surface area (Å²) in [5.74, 6) is -2.35. The standard InChI is InChI=1S/C19H16Cl2F3NO4/c1-10-8-12(18(28,17(27)29-3)19(22,23)24)5-7-15(10)25(2)16(26)11-4-6-13(20)14(21)9-11/h4-9,28H,1-3H3. The van der Waals surface area contributed by atoms with Gasteiger partial charge in [-0.2, -0.15) is 13.2 Å². The Morgan fingerprint density at radius 1 is 1.07 bits per heavy atom. The van der Waals surface area contributed by atoms with E-state index in [1.54, 1.807) is 0 Å². The molecule has 0 aliphatic carbocycles. The maximum absolute atomic E-state index is 13.4. The van der Waals surface area contributed by atoms with E-state index in [1.807, 2.05) is 0 Å². The zero-order valence-electron chi connectivity index (χ0n) is 15.5. The van der Waals surface area contributed by atoms with Gasteiger partial charge in [0.05, 0.1) is 17.2 Å². The fourth-order valence-corrected chi connectivity index (χ4v) is 3.03. The van der Waals surface area contributed by atoms with Crippen molar-refractivity contribution in [3.63, 3.8) is 0 Å². The van der Waals surface area contributed by atoms with Gasteiger partial charge in [-0.25, -0.2) is 4.79 Å². The Balaban J connectivity index is 2.46. The minimum atomic E-state index is -5.31. The molecule has 0 saturated carbocycles. The van der Waals surface area contributed by atoms with Crippen LogP contribution in [0.3, 0.4) is 0 Å². The van der Waals surface area contributed by atoms with E-state index < -0.39 is 29.2 Å². The van der Waals surface area contributed by atoms with Gasteiger partial charge in [0.1, 0.15) is 0 Å². The molecule has 0 aliphatic rings. The molecule has 0 heterocycles. The quantitative estimate of drug-likeness (QED) is 0.697. The first-order chi connectivity index (χ1) is 13.3. The lowest BCUT2D eigenvalue weighted by molar-refractivity contribution is -0.266. The van der Waals surface area contributed by atoms with Gasteiger partial charge in [-0.15, -0.1) is 0 Å². The third-order valence-corrected chi connectivity index (χ3v) is 5.08. The fourth-order valence-electron chi connectivity index (χ4n) is 2.73. The van der Waals surface area contributed by atoms with Crippen molar-refractivity contribution in [1.82, 2.24) is 0 Å². The first-order valence-corrected chi connectivity index (χ1v) is 8.82. The number of aryl methyl sites for hydroxylation is 1. The first-order valence-electron chi connectivity index (χ1n) is 8.06. The minimum absolute atomic E-state index is 0.173. The molecule has 10 heteroatoms. The van der Waals surface area contributed by atoms with E-state index in [0.717, 1.165) is 19.2 Å². The lowest BCUT2D eigenvalue weighted by Gasteiger charge is -2.29. The van der Waals surface area contributed by atoms with Gasteiger partial charge in [0, 0.05) is 23.9 Å². The molecule has 1 atom stereocenters. The number of carbonyl (C=O) groups is 2. The zero-order valence-corrected chi connectivity index (χ0v) is 17.0. The summed E-state index contributed by atoms with van der Waals surface area (Å²) < 4.78 is 44.3. The van der Waals surface area contributed by atoms with E-state index in [1.165, 1.54) is 43.1 Å². The highest BCUT2D eigenvalue weighted by molar-refractivity contribution is 6.42. The Labute approximate surface area is 174 Å². The molecule has 0 aliphatic heterocycles. The van der Waals surface area contributed by atoms with Crippen LogP contribution in [0.2, 0.25) is 10.0 Å². The van der Waals surface area contributed by atoms with Crippen LogP contribution in [0.25, 0.3) is 0 Å². The van der Waals surface area contributed by atoms with E-state index in [0.29, 0.717) is 0 Å². The number of methoxy groups -OCH3 is 1. The summed E-state index contributed by atoms with van der Waals surface area (Å²) in [5, 5.41) is 10.5. The van der Waals surface area contributed by atoms with Crippen LogP contribution in [0.1, 0.15) is 21.5 Å². The van der Waals surface area contributed by atoms with Crippen LogP contribution in [0.5, 0.6) is 0 Å². The number of ether oxygens (including phenoxy) is 1. The Bertz CT molecular complexity index is 965. The fraction of sp³-hybridized carbons (Fsp3) is 0.263. The topological polar surface area (TPSA) is 66.8 Å². The van der Waals surface area contributed by atoms with Crippen LogP contribution in [-0.4, -0.2) is 37.3 Å². The number of alkyl halides is 3. The molecule has 156 valence electrons. The van der Waals surface area contributed by atoms with E-state index in [9.17, 15) is 27.9 Å². The van der Waals surface area contributed by atoms with Gasteiger partial charge in [0.15, 0.2) is 0 Å². The van der Waals surface area contributed by atoms with E-state index in [-0.39, 0.29) is 26.9 Å². The number of carbonyl (C=O) groups excluding carboxylic acids is 2. The predicted octanol–water partition coefficient (Wildman–Crippen LogP) is 4.50. The lowest BCUT2D eigenvalue weighted by Crippen LogP contribution is -2.49.